The van der Waals surface area contributed by atoms with Crippen molar-refractivity contribution in [3.05, 3.63) is 23.8 Å². The summed E-state index contributed by atoms with van der Waals surface area (Å²) in [5.74, 6) is 1.83. The van der Waals surface area contributed by atoms with Crippen LogP contribution in [-0.2, 0) is 6.42 Å². The van der Waals surface area contributed by atoms with E-state index in [0.717, 1.165) is 24.3 Å². The number of para-hydroxylation sites is 1. The number of hydrogen-bond acceptors (Lipinski definition) is 3. The van der Waals surface area contributed by atoms with Crippen LogP contribution in [0.3, 0.4) is 0 Å². The van der Waals surface area contributed by atoms with E-state index in [1.807, 2.05) is 30.9 Å². The van der Waals surface area contributed by atoms with Crippen molar-refractivity contribution in [2.75, 3.05) is 14.1 Å². The second kappa shape index (κ2) is 4.38. The summed E-state index contributed by atoms with van der Waals surface area (Å²) < 4.78 is 13.5. The second-order valence-electron chi connectivity index (χ2n) is 3.76. The van der Waals surface area contributed by atoms with Crippen LogP contribution in [0.2, 0.25) is 0 Å². The standard InChI is InChI=1S/C11H16NO2P/c1-4-6-9-7-5-8-10-11(9)14-15(13-10)12(2)3/h5,7-8H,4,6H2,1-3H3. The first kappa shape index (κ1) is 10.7. The zero-order valence-corrected chi connectivity index (χ0v) is 10.3. The molecule has 1 aromatic rings. The van der Waals surface area contributed by atoms with Crippen LogP contribution in [0.4, 0.5) is 0 Å². The quantitative estimate of drug-likeness (QED) is 0.737. The minimum Gasteiger partial charge on any atom is -0.423 e. The molecular formula is C11H16NO2P. The van der Waals surface area contributed by atoms with Crippen molar-refractivity contribution in [3.63, 3.8) is 0 Å². The number of nitrogens with zero attached hydrogens (tertiary/aromatic N) is 1. The molecule has 0 saturated carbocycles. The number of rotatable bonds is 3. The molecule has 0 N–H and O–H groups in total. The van der Waals surface area contributed by atoms with Crippen molar-refractivity contribution in [2.24, 2.45) is 0 Å². The lowest BCUT2D eigenvalue weighted by Gasteiger charge is -2.14. The van der Waals surface area contributed by atoms with Crippen LogP contribution >= 0.6 is 8.53 Å². The first-order chi connectivity index (χ1) is 7.22. The van der Waals surface area contributed by atoms with Crippen molar-refractivity contribution in [3.8, 4) is 11.5 Å². The zero-order valence-electron chi connectivity index (χ0n) is 9.36. The van der Waals surface area contributed by atoms with E-state index in [9.17, 15) is 0 Å². The second-order valence-corrected chi connectivity index (χ2v) is 5.40. The average molecular weight is 225 g/mol. The normalized spacial score (nSPS) is 18.5. The summed E-state index contributed by atoms with van der Waals surface area (Å²) in [6, 6.07) is 6.11. The van der Waals surface area contributed by atoms with Crippen LogP contribution in [0.25, 0.3) is 0 Å². The highest BCUT2D eigenvalue weighted by molar-refractivity contribution is 7.45. The molecule has 1 aliphatic rings. The van der Waals surface area contributed by atoms with Crippen LogP contribution in [0.1, 0.15) is 18.9 Å². The summed E-state index contributed by atoms with van der Waals surface area (Å²) in [4.78, 5) is 0. The summed E-state index contributed by atoms with van der Waals surface area (Å²) in [5.41, 5.74) is 1.25. The fourth-order valence-corrected chi connectivity index (χ4v) is 2.59. The van der Waals surface area contributed by atoms with Gasteiger partial charge in [-0.25, -0.2) is 4.67 Å². The van der Waals surface area contributed by atoms with Gasteiger partial charge in [-0.2, -0.15) is 0 Å². The highest BCUT2D eigenvalue weighted by Crippen LogP contribution is 2.54. The van der Waals surface area contributed by atoms with Crippen LogP contribution < -0.4 is 9.05 Å². The smallest absolute Gasteiger partial charge is 0.384 e. The van der Waals surface area contributed by atoms with Crippen molar-refractivity contribution in [2.45, 2.75) is 19.8 Å². The van der Waals surface area contributed by atoms with Gasteiger partial charge in [-0.3, -0.25) is 0 Å². The van der Waals surface area contributed by atoms with E-state index in [1.54, 1.807) is 0 Å². The molecule has 1 aliphatic heterocycles. The summed E-state index contributed by atoms with van der Waals surface area (Å²) in [5, 5.41) is 0. The number of hydrogen-bond donors (Lipinski definition) is 0. The van der Waals surface area contributed by atoms with Gasteiger partial charge in [0.25, 0.3) is 0 Å². The Hall–Kier alpha value is -0.790. The van der Waals surface area contributed by atoms with E-state index < -0.39 is 8.53 Å². The van der Waals surface area contributed by atoms with Gasteiger partial charge >= 0.3 is 8.53 Å². The number of aryl methyl sites for hydroxylation is 1. The maximum Gasteiger partial charge on any atom is 0.384 e. The van der Waals surface area contributed by atoms with E-state index in [-0.39, 0.29) is 0 Å². The van der Waals surface area contributed by atoms with E-state index in [2.05, 4.69) is 13.0 Å². The summed E-state index contributed by atoms with van der Waals surface area (Å²) in [6.45, 7) is 2.17. The Bertz CT molecular complexity index is 354. The van der Waals surface area contributed by atoms with Crippen LogP contribution in [0.15, 0.2) is 18.2 Å². The minimum atomic E-state index is -0.925. The van der Waals surface area contributed by atoms with E-state index in [0.29, 0.717) is 0 Å². The monoisotopic (exact) mass is 225 g/mol. The molecule has 0 amide bonds. The van der Waals surface area contributed by atoms with Gasteiger partial charge in [0.1, 0.15) is 0 Å². The van der Waals surface area contributed by atoms with E-state index >= 15 is 0 Å². The Kier molecular flexibility index (Phi) is 3.13. The highest BCUT2D eigenvalue weighted by atomic mass is 31.2. The predicted octanol–water partition coefficient (Wildman–Crippen LogP) is 3.20. The van der Waals surface area contributed by atoms with Crippen LogP contribution in [-0.4, -0.2) is 18.8 Å². The fraction of sp³-hybridized carbons (Fsp3) is 0.455. The third-order valence-electron chi connectivity index (χ3n) is 2.25. The van der Waals surface area contributed by atoms with Crippen molar-refractivity contribution >= 4 is 8.53 Å². The Balaban J connectivity index is 2.25. The molecule has 0 aliphatic carbocycles. The molecule has 0 radical (unpaired) electrons. The molecule has 1 aromatic carbocycles. The Morgan fingerprint density at radius 3 is 2.73 bits per heavy atom. The molecule has 0 bridgehead atoms. The zero-order chi connectivity index (χ0) is 10.8. The molecule has 2 rings (SSSR count). The van der Waals surface area contributed by atoms with Crippen LogP contribution in [0, 0.1) is 0 Å². The highest BCUT2D eigenvalue weighted by Gasteiger charge is 2.29. The lowest BCUT2D eigenvalue weighted by Crippen LogP contribution is -2.08. The largest absolute Gasteiger partial charge is 0.423 e. The molecule has 15 heavy (non-hydrogen) atoms. The van der Waals surface area contributed by atoms with Gasteiger partial charge < -0.3 is 9.05 Å². The molecule has 1 heterocycles. The third kappa shape index (κ3) is 2.09. The molecular weight excluding hydrogens is 209 g/mol. The van der Waals surface area contributed by atoms with Gasteiger partial charge in [0.2, 0.25) is 0 Å². The Labute approximate surface area is 92.0 Å². The molecule has 4 heteroatoms. The van der Waals surface area contributed by atoms with Gasteiger partial charge in [0.15, 0.2) is 11.5 Å². The summed E-state index contributed by atoms with van der Waals surface area (Å²) in [7, 11) is 3.01. The molecule has 0 aromatic heterocycles. The third-order valence-corrected chi connectivity index (χ3v) is 3.60. The molecule has 82 valence electrons. The lowest BCUT2D eigenvalue weighted by molar-refractivity contribution is 0.473. The SMILES string of the molecule is CCCc1cccc2c1OP(N(C)C)O2. The van der Waals surface area contributed by atoms with Gasteiger partial charge in [-0.1, -0.05) is 25.5 Å². The van der Waals surface area contributed by atoms with E-state index in [4.69, 9.17) is 9.05 Å². The topological polar surface area (TPSA) is 21.7 Å². The number of fused-ring (bicyclic) bond motifs is 1. The summed E-state index contributed by atoms with van der Waals surface area (Å²) in [6.07, 6.45) is 2.17. The van der Waals surface area contributed by atoms with Gasteiger partial charge in [-0.15, -0.1) is 0 Å². The Morgan fingerprint density at radius 2 is 2.07 bits per heavy atom. The molecule has 0 spiro atoms. The van der Waals surface area contributed by atoms with Crippen molar-refractivity contribution in [1.29, 1.82) is 0 Å². The molecule has 1 atom stereocenters. The van der Waals surface area contributed by atoms with Crippen LogP contribution in [0.5, 0.6) is 11.5 Å². The summed E-state index contributed by atoms with van der Waals surface area (Å²) >= 11 is 0. The van der Waals surface area contributed by atoms with Crippen molar-refractivity contribution < 1.29 is 9.05 Å². The first-order valence-electron chi connectivity index (χ1n) is 5.17. The Morgan fingerprint density at radius 1 is 1.27 bits per heavy atom. The lowest BCUT2D eigenvalue weighted by atomic mass is 10.1. The first-order valence-corrected chi connectivity index (χ1v) is 6.30. The minimum absolute atomic E-state index is 0.890. The fourth-order valence-electron chi connectivity index (χ4n) is 1.55. The van der Waals surface area contributed by atoms with Gasteiger partial charge in [0, 0.05) is 0 Å². The molecule has 0 fully saturated rings. The predicted molar refractivity (Wildman–Crippen MR) is 62.3 cm³/mol. The molecule has 0 saturated heterocycles. The molecule has 1 unspecified atom stereocenters. The maximum atomic E-state index is 5.82. The van der Waals surface area contributed by atoms with E-state index in [1.165, 1.54) is 5.56 Å². The van der Waals surface area contributed by atoms with Crippen molar-refractivity contribution in [1.82, 2.24) is 4.67 Å². The average Bonchev–Trinajstić information content (AvgIpc) is 2.63. The van der Waals surface area contributed by atoms with Gasteiger partial charge in [-0.05, 0) is 32.1 Å². The maximum absolute atomic E-state index is 5.82. The number of benzene rings is 1. The molecule has 3 nitrogen and oxygen atoms in total. The van der Waals surface area contributed by atoms with Gasteiger partial charge in [0.05, 0.1) is 0 Å².